The summed E-state index contributed by atoms with van der Waals surface area (Å²) in [5.74, 6) is 1.40. The normalized spacial score (nSPS) is 13.4. The summed E-state index contributed by atoms with van der Waals surface area (Å²) in [5.41, 5.74) is 4.96. The van der Waals surface area contributed by atoms with Crippen molar-refractivity contribution in [2.45, 2.75) is 23.5 Å². The summed E-state index contributed by atoms with van der Waals surface area (Å²) in [6.07, 6.45) is 5.30. The Labute approximate surface area is 212 Å². The summed E-state index contributed by atoms with van der Waals surface area (Å²) >= 11 is 0. The Morgan fingerprint density at radius 2 is 1.61 bits per heavy atom. The highest BCUT2D eigenvalue weighted by atomic mass is 32.3. The molecule has 3 aromatic carbocycles. The molecule has 0 saturated heterocycles. The second-order valence-corrected chi connectivity index (χ2v) is 12.6. The van der Waals surface area contributed by atoms with Crippen LogP contribution in [0, 0.1) is 0 Å². The van der Waals surface area contributed by atoms with Gasteiger partial charge in [0, 0.05) is 11.8 Å². The Kier molecular flexibility index (Phi) is 6.85. The molecule has 0 aliphatic carbocycles. The van der Waals surface area contributed by atoms with Crippen LogP contribution >= 0.6 is 0 Å². The summed E-state index contributed by atoms with van der Waals surface area (Å²) < 4.78 is 31.6. The third-order valence-electron chi connectivity index (χ3n) is 6.61. The number of hydrogen-bond donors (Lipinski definition) is 2. The number of aromatic nitrogens is 2. The van der Waals surface area contributed by atoms with Gasteiger partial charge in [0.2, 0.25) is 0 Å². The molecule has 6 heteroatoms. The molecular weight excluding hydrogens is 468 g/mol. The van der Waals surface area contributed by atoms with Crippen molar-refractivity contribution in [3.63, 3.8) is 0 Å². The zero-order valence-corrected chi connectivity index (χ0v) is 21.7. The van der Waals surface area contributed by atoms with E-state index in [-0.39, 0.29) is 0 Å². The van der Waals surface area contributed by atoms with E-state index in [4.69, 9.17) is 4.74 Å². The minimum absolute atomic E-state index is 0.406. The fourth-order valence-corrected chi connectivity index (χ4v) is 7.39. The first kappa shape index (κ1) is 25.4. The van der Waals surface area contributed by atoms with Crippen LogP contribution in [0.1, 0.15) is 35.5 Å². The van der Waals surface area contributed by atoms with Gasteiger partial charge in [-0.25, -0.2) is 9.19 Å². The standard InChI is InChI=1S/C30H32N2O3S/c1-6-27-28(7-2)32-30(31-27)26-12-10-9-11-25(26)29(8-3)36(5,33,34)24-19-15-22(16-20-24)21-13-17-23(35-4)18-14-21/h6-7,9-20,29H,1-2,8H2,3-5H3,(H,31,32)(H,33,34). The van der Waals surface area contributed by atoms with Gasteiger partial charge in [0.1, 0.15) is 11.6 Å². The van der Waals surface area contributed by atoms with Crippen LogP contribution in [0.5, 0.6) is 5.75 Å². The molecule has 1 atom stereocenters. The maximum Gasteiger partial charge on any atom is 0.138 e. The van der Waals surface area contributed by atoms with Gasteiger partial charge in [0.15, 0.2) is 0 Å². The Bertz CT molecular complexity index is 1440. The maximum atomic E-state index is 14.5. The maximum absolute atomic E-state index is 14.5. The average Bonchev–Trinajstić information content (AvgIpc) is 3.32. The van der Waals surface area contributed by atoms with E-state index in [2.05, 4.69) is 23.1 Å². The lowest BCUT2D eigenvalue weighted by molar-refractivity contribution is 0.415. The van der Waals surface area contributed by atoms with Crippen molar-refractivity contribution < 1.29 is 13.5 Å². The first-order chi connectivity index (χ1) is 17.2. The van der Waals surface area contributed by atoms with Crippen LogP contribution in [-0.2, 0) is 9.35 Å². The Morgan fingerprint density at radius 3 is 2.14 bits per heavy atom. The molecule has 0 saturated carbocycles. The van der Waals surface area contributed by atoms with E-state index in [1.54, 1.807) is 31.4 Å². The number of methoxy groups -OCH3 is 1. The van der Waals surface area contributed by atoms with Crippen LogP contribution in [0.3, 0.4) is 0 Å². The molecule has 4 rings (SSSR count). The summed E-state index contributed by atoms with van der Waals surface area (Å²) in [6, 6.07) is 22.7. The smallest absolute Gasteiger partial charge is 0.138 e. The molecular formula is C30H32N2O3S. The van der Waals surface area contributed by atoms with Crippen LogP contribution in [-0.4, -0.2) is 32.1 Å². The molecule has 0 aliphatic rings. The molecule has 0 amide bonds. The molecule has 1 aromatic heterocycles. The fourth-order valence-electron chi connectivity index (χ4n) is 4.67. The molecule has 1 unspecified atom stereocenters. The van der Waals surface area contributed by atoms with Crippen molar-refractivity contribution in [3.8, 4) is 28.3 Å². The molecule has 1 heterocycles. The van der Waals surface area contributed by atoms with Gasteiger partial charge < -0.3 is 9.72 Å². The molecule has 186 valence electrons. The van der Waals surface area contributed by atoms with Crippen molar-refractivity contribution in [2.24, 2.45) is 0 Å². The van der Waals surface area contributed by atoms with Crippen molar-refractivity contribution in [1.29, 1.82) is 0 Å². The van der Waals surface area contributed by atoms with Crippen LogP contribution in [0.2, 0.25) is 0 Å². The first-order valence-corrected chi connectivity index (χ1v) is 14.2. The van der Waals surface area contributed by atoms with Crippen LogP contribution in [0.4, 0.5) is 0 Å². The molecule has 2 N–H and O–H groups in total. The second kappa shape index (κ2) is 9.72. The Balaban J connectivity index is 1.77. The highest BCUT2D eigenvalue weighted by Gasteiger charge is 2.36. The SMILES string of the molecule is C=Cc1nc(-c2ccccc2C(CC)S(C)(=O)(O)c2ccc(-c3ccc(OC)cc3)cc2)[nH]c1C=C. The van der Waals surface area contributed by atoms with Crippen LogP contribution in [0.15, 0.2) is 90.8 Å². The van der Waals surface area contributed by atoms with Gasteiger partial charge in [-0.1, -0.05) is 68.6 Å². The lowest BCUT2D eigenvalue weighted by atomic mass is 10.0. The van der Waals surface area contributed by atoms with Crippen LogP contribution < -0.4 is 4.74 Å². The Morgan fingerprint density at radius 1 is 1.00 bits per heavy atom. The van der Waals surface area contributed by atoms with E-state index >= 15 is 0 Å². The highest BCUT2D eigenvalue weighted by molar-refractivity contribution is 8.14. The summed E-state index contributed by atoms with van der Waals surface area (Å²) in [7, 11) is -2.69. The molecule has 0 fully saturated rings. The predicted molar refractivity (Wildman–Crippen MR) is 151 cm³/mol. The monoisotopic (exact) mass is 500 g/mol. The van der Waals surface area contributed by atoms with Gasteiger partial charge in [-0.2, -0.15) is 9.35 Å². The lowest BCUT2D eigenvalue weighted by Gasteiger charge is -2.46. The number of nitrogens with zero attached hydrogens (tertiary/aromatic N) is 1. The van der Waals surface area contributed by atoms with Gasteiger partial charge in [0.05, 0.1) is 28.6 Å². The summed E-state index contributed by atoms with van der Waals surface area (Å²) in [5, 5.41) is -0.644. The summed E-state index contributed by atoms with van der Waals surface area (Å²) in [6.45, 7) is 9.60. The number of imidazole rings is 1. The zero-order valence-electron chi connectivity index (χ0n) is 20.9. The highest BCUT2D eigenvalue weighted by Crippen LogP contribution is 2.48. The largest absolute Gasteiger partial charge is 0.497 e. The molecule has 0 aliphatic heterocycles. The van der Waals surface area contributed by atoms with Crippen molar-refractivity contribution >= 4 is 21.5 Å². The average molecular weight is 501 g/mol. The number of H-pyrrole nitrogens is 1. The first-order valence-electron chi connectivity index (χ1n) is 11.8. The Hall–Kier alpha value is -3.74. The minimum atomic E-state index is -4.32. The lowest BCUT2D eigenvalue weighted by Crippen LogP contribution is -2.37. The molecule has 5 nitrogen and oxygen atoms in total. The second-order valence-electron chi connectivity index (χ2n) is 8.89. The topological polar surface area (TPSA) is 75.2 Å². The van der Waals surface area contributed by atoms with Crippen molar-refractivity contribution in [2.75, 3.05) is 13.4 Å². The van der Waals surface area contributed by atoms with Gasteiger partial charge >= 0.3 is 0 Å². The minimum Gasteiger partial charge on any atom is -0.497 e. The molecule has 0 spiro atoms. The number of nitrogens with one attached hydrogen (secondary N) is 1. The van der Waals surface area contributed by atoms with E-state index in [0.717, 1.165) is 33.7 Å². The van der Waals surface area contributed by atoms with Gasteiger partial charge in [0.25, 0.3) is 0 Å². The van der Waals surface area contributed by atoms with E-state index in [1.165, 1.54) is 6.26 Å². The number of aromatic amines is 1. The molecule has 0 radical (unpaired) electrons. The third kappa shape index (κ3) is 4.57. The molecule has 4 aromatic rings. The number of rotatable bonds is 9. The number of benzene rings is 3. The summed E-state index contributed by atoms with van der Waals surface area (Å²) in [4.78, 5) is 8.34. The van der Waals surface area contributed by atoms with Gasteiger partial charge in [-0.15, -0.1) is 0 Å². The van der Waals surface area contributed by atoms with Gasteiger partial charge in [-0.05, 0) is 59.5 Å². The molecule has 36 heavy (non-hydrogen) atoms. The van der Waals surface area contributed by atoms with E-state index in [9.17, 15) is 8.76 Å². The fraction of sp³-hybridized carbons (Fsp3) is 0.167. The predicted octanol–water partition coefficient (Wildman–Crippen LogP) is 7.47. The van der Waals surface area contributed by atoms with Gasteiger partial charge in [-0.3, -0.25) is 4.55 Å². The number of ether oxygens (including phenoxy) is 1. The zero-order chi connectivity index (χ0) is 25.9. The molecule has 0 bridgehead atoms. The third-order valence-corrected chi connectivity index (χ3v) is 9.96. The van der Waals surface area contributed by atoms with E-state index in [0.29, 0.717) is 22.8 Å². The number of hydrogen-bond acceptors (Lipinski definition) is 3. The van der Waals surface area contributed by atoms with Crippen molar-refractivity contribution in [3.05, 3.63) is 103 Å². The van der Waals surface area contributed by atoms with E-state index < -0.39 is 14.6 Å². The van der Waals surface area contributed by atoms with E-state index in [1.807, 2.05) is 67.6 Å². The van der Waals surface area contributed by atoms with Crippen LogP contribution in [0.25, 0.3) is 34.7 Å². The quantitative estimate of drug-likeness (QED) is 0.250. The van der Waals surface area contributed by atoms with Crippen molar-refractivity contribution in [1.82, 2.24) is 9.97 Å².